The molecule has 0 aliphatic carbocycles. The van der Waals surface area contributed by atoms with Crippen LogP contribution >= 0.6 is 11.3 Å². The first-order valence-electron chi connectivity index (χ1n) is 8.01. The maximum Gasteiger partial charge on any atom is 0.257 e. The zero-order valence-electron chi connectivity index (χ0n) is 14.5. The van der Waals surface area contributed by atoms with Crippen LogP contribution < -0.4 is 5.32 Å². The van der Waals surface area contributed by atoms with Crippen molar-refractivity contribution in [3.05, 3.63) is 60.2 Å². The molecular formula is C18H17N3O4S2. The second-order valence-electron chi connectivity index (χ2n) is 5.57. The van der Waals surface area contributed by atoms with Crippen molar-refractivity contribution in [3.8, 4) is 10.6 Å². The third-order valence-corrected chi connectivity index (χ3v) is 6.28. The van der Waals surface area contributed by atoms with Gasteiger partial charge in [0.05, 0.1) is 17.3 Å². The number of hydrogen-bond acceptors (Lipinski definition) is 7. The molecule has 0 saturated heterocycles. The van der Waals surface area contributed by atoms with Crippen LogP contribution in [0.1, 0.15) is 10.4 Å². The number of sulfone groups is 1. The highest BCUT2D eigenvalue weighted by Crippen LogP contribution is 2.26. The first-order chi connectivity index (χ1) is 13.0. The summed E-state index contributed by atoms with van der Waals surface area (Å²) >= 11 is 1.26. The predicted molar refractivity (Wildman–Crippen MR) is 104 cm³/mol. The minimum Gasteiger partial charge on any atom is -0.384 e. The van der Waals surface area contributed by atoms with E-state index >= 15 is 0 Å². The molecule has 0 bridgehead atoms. The fourth-order valence-electron chi connectivity index (χ4n) is 2.26. The van der Waals surface area contributed by atoms with Gasteiger partial charge in [0.1, 0.15) is 5.01 Å². The molecule has 27 heavy (non-hydrogen) atoms. The third kappa shape index (κ3) is 4.76. The standard InChI is InChI=1S/C18H17N3O4S2/c1-25-11-12-27(23,24)15-9-7-13(8-10-15)16(22)19-18-21-20-17(26-18)14-5-3-2-4-6-14/h2-10H,11-12H2,1H3,(H,19,21,22). The van der Waals surface area contributed by atoms with Gasteiger partial charge in [0.25, 0.3) is 5.91 Å². The number of benzene rings is 2. The number of hydrogen-bond donors (Lipinski definition) is 1. The highest BCUT2D eigenvalue weighted by Gasteiger charge is 2.16. The molecule has 0 aliphatic rings. The van der Waals surface area contributed by atoms with Crippen molar-refractivity contribution in [1.82, 2.24) is 10.2 Å². The molecular weight excluding hydrogens is 386 g/mol. The third-order valence-electron chi connectivity index (χ3n) is 3.70. The average Bonchev–Trinajstić information content (AvgIpc) is 3.16. The zero-order chi connectivity index (χ0) is 19.3. The Bertz CT molecular complexity index is 1020. The Hall–Kier alpha value is -2.62. The Morgan fingerprint density at radius 3 is 2.44 bits per heavy atom. The number of carbonyl (C=O) groups excluding carboxylic acids is 1. The van der Waals surface area contributed by atoms with Crippen molar-refractivity contribution >= 4 is 32.2 Å². The van der Waals surface area contributed by atoms with Gasteiger partial charge in [-0.05, 0) is 24.3 Å². The molecule has 1 N–H and O–H groups in total. The van der Waals surface area contributed by atoms with Crippen LogP contribution in [-0.4, -0.2) is 44.0 Å². The van der Waals surface area contributed by atoms with Gasteiger partial charge in [-0.15, -0.1) is 10.2 Å². The smallest absolute Gasteiger partial charge is 0.257 e. The van der Waals surface area contributed by atoms with Crippen LogP contribution in [0.2, 0.25) is 0 Å². The summed E-state index contributed by atoms with van der Waals surface area (Å²) in [5.41, 5.74) is 1.25. The molecule has 140 valence electrons. The summed E-state index contributed by atoms with van der Waals surface area (Å²) in [6.07, 6.45) is 0. The summed E-state index contributed by atoms with van der Waals surface area (Å²) in [5, 5.41) is 11.8. The Labute approximate surface area is 161 Å². The first-order valence-corrected chi connectivity index (χ1v) is 10.5. The van der Waals surface area contributed by atoms with Crippen LogP contribution in [-0.2, 0) is 14.6 Å². The second-order valence-corrected chi connectivity index (χ2v) is 8.66. The van der Waals surface area contributed by atoms with Gasteiger partial charge in [0, 0.05) is 18.2 Å². The lowest BCUT2D eigenvalue weighted by atomic mass is 10.2. The summed E-state index contributed by atoms with van der Waals surface area (Å²) < 4.78 is 29.0. The zero-order valence-corrected chi connectivity index (χ0v) is 16.1. The van der Waals surface area contributed by atoms with E-state index in [1.54, 1.807) is 0 Å². The number of nitrogens with zero attached hydrogens (tertiary/aromatic N) is 2. The van der Waals surface area contributed by atoms with Gasteiger partial charge < -0.3 is 4.74 Å². The van der Waals surface area contributed by atoms with E-state index < -0.39 is 9.84 Å². The van der Waals surface area contributed by atoms with Crippen LogP contribution in [0.15, 0.2) is 59.5 Å². The summed E-state index contributed by atoms with van der Waals surface area (Å²) in [6.45, 7) is 0.116. The molecule has 1 amide bonds. The minimum atomic E-state index is -3.43. The van der Waals surface area contributed by atoms with Crippen molar-refractivity contribution < 1.29 is 17.9 Å². The summed E-state index contributed by atoms with van der Waals surface area (Å²) in [6, 6.07) is 15.3. The molecule has 0 unspecified atom stereocenters. The van der Waals surface area contributed by atoms with Crippen LogP contribution in [0, 0.1) is 0 Å². The Balaban J connectivity index is 1.69. The quantitative estimate of drug-likeness (QED) is 0.651. The van der Waals surface area contributed by atoms with E-state index in [1.165, 1.54) is 42.7 Å². The number of methoxy groups -OCH3 is 1. The number of anilines is 1. The summed E-state index contributed by atoms with van der Waals surface area (Å²) in [5.74, 6) is -0.492. The highest BCUT2D eigenvalue weighted by molar-refractivity contribution is 7.91. The fraction of sp³-hybridized carbons (Fsp3) is 0.167. The van der Waals surface area contributed by atoms with Gasteiger partial charge in [-0.3, -0.25) is 10.1 Å². The van der Waals surface area contributed by atoms with Crippen molar-refractivity contribution in [3.63, 3.8) is 0 Å². The molecule has 3 aromatic rings. The minimum absolute atomic E-state index is 0.109. The maximum absolute atomic E-state index is 12.4. The molecule has 0 spiro atoms. The first kappa shape index (κ1) is 19.2. The van der Waals surface area contributed by atoms with E-state index in [-0.39, 0.29) is 23.2 Å². The number of rotatable bonds is 7. The van der Waals surface area contributed by atoms with Crippen molar-refractivity contribution in [2.45, 2.75) is 4.90 Å². The lowest BCUT2D eigenvalue weighted by molar-refractivity contribution is 0.102. The van der Waals surface area contributed by atoms with Gasteiger partial charge in [-0.2, -0.15) is 0 Å². The molecule has 0 fully saturated rings. The average molecular weight is 403 g/mol. The number of nitrogens with one attached hydrogen (secondary N) is 1. The number of amides is 1. The normalized spacial score (nSPS) is 11.3. The SMILES string of the molecule is COCCS(=O)(=O)c1ccc(C(=O)Nc2nnc(-c3ccccc3)s2)cc1. The van der Waals surface area contributed by atoms with Crippen LogP contribution in [0.4, 0.5) is 5.13 Å². The largest absolute Gasteiger partial charge is 0.384 e. The summed E-state index contributed by atoms with van der Waals surface area (Å²) in [7, 11) is -1.98. The molecule has 1 heterocycles. The monoisotopic (exact) mass is 403 g/mol. The van der Waals surface area contributed by atoms with E-state index in [0.29, 0.717) is 15.7 Å². The van der Waals surface area contributed by atoms with Crippen molar-refractivity contribution in [2.24, 2.45) is 0 Å². The van der Waals surface area contributed by atoms with Gasteiger partial charge >= 0.3 is 0 Å². The lowest BCUT2D eigenvalue weighted by Gasteiger charge is -2.05. The second kappa shape index (κ2) is 8.38. The molecule has 2 aromatic carbocycles. The van der Waals surface area contributed by atoms with Crippen LogP contribution in [0.5, 0.6) is 0 Å². The molecule has 0 atom stereocenters. The van der Waals surface area contributed by atoms with Gasteiger partial charge in [-0.1, -0.05) is 41.7 Å². The molecule has 7 nitrogen and oxygen atoms in total. The number of carbonyl (C=O) groups is 1. The van der Waals surface area contributed by atoms with Gasteiger partial charge in [0.2, 0.25) is 5.13 Å². The van der Waals surface area contributed by atoms with E-state index in [0.717, 1.165) is 5.56 Å². The Morgan fingerprint density at radius 1 is 1.07 bits per heavy atom. The maximum atomic E-state index is 12.4. The van der Waals surface area contributed by atoms with E-state index in [1.807, 2.05) is 30.3 Å². The fourth-order valence-corrected chi connectivity index (χ4v) is 4.18. The number of ether oxygens (including phenoxy) is 1. The molecule has 1 aromatic heterocycles. The lowest BCUT2D eigenvalue weighted by Crippen LogP contribution is -2.14. The van der Waals surface area contributed by atoms with Crippen molar-refractivity contribution in [2.75, 3.05) is 24.8 Å². The Kier molecular flexibility index (Phi) is 5.94. The van der Waals surface area contributed by atoms with Crippen molar-refractivity contribution in [1.29, 1.82) is 0 Å². The summed E-state index contributed by atoms with van der Waals surface area (Å²) in [4.78, 5) is 12.5. The van der Waals surface area contributed by atoms with E-state index in [2.05, 4.69) is 15.5 Å². The number of aromatic nitrogens is 2. The Morgan fingerprint density at radius 2 is 1.78 bits per heavy atom. The van der Waals surface area contributed by atoms with E-state index in [9.17, 15) is 13.2 Å². The van der Waals surface area contributed by atoms with E-state index in [4.69, 9.17) is 4.74 Å². The molecule has 0 radical (unpaired) electrons. The predicted octanol–water partition coefficient (Wildman–Crippen LogP) is 2.88. The van der Waals surface area contributed by atoms with Gasteiger partial charge in [0.15, 0.2) is 9.84 Å². The molecule has 3 rings (SSSR count). The van der Waals surface area contributed by atoms with Crippen LogP contribution in [0.3, 0.4) is 0 Å². The topological polar surface area (TPSA) is 98.2 Å². The van der Waals surface area contributed by atoms with Crippen LogP contribution in [0.25, 0.3) is 10.6 Å². The molecule has 9 heteroatoms. The highest BCUT2D eigenvalue weighted by atomic mass is 32.2. The molecule has 0 saturated carbocycles. The van der Waals surface area contributed by atoms with Gasteiger partial charge in [-0.25, -0.2) is 8.42 Å². The molecule has 0 aliphatic heterocycles.